The number of methoxy groups -OCH3 is 1. The molecule has 0 radical (unpaired) electrons. The summed E-state index contributed by atoms with van der Waals surface area (Å²) in [4.78, 5) is 22.8. The van der Waals surface area contributed by atoms with E-state index in [9.17, 15) is 14.0 Å². The van der Waals surface area contributed by atoms with Crippen molar-refractivity contribution in [1.29, 1.82) is 0 Å². The van der Waals surface area contributed by atoms with Gasteiger partial charge in [0.2, 0.25) is 5.91 Å². The fourth-order valence-electron chi connectivity index (χ4n) is 1.22. The molecular formula is C12H14FNO4S. The minimum Gasteiger partial charge on any atom is -0.497 e. The molecule has 0 aliphatic rings. The number of alkyl halides is 1. The number of amides is 1. The van der Waals surface area contributed by atoms with E-state index in [2.05, 4.69) is 5.32 Å². The highest BCUT2D eigenvalue weighted by Crippen LogP contribution is 2.20. The van der Waals surface area contributed by atoms with E-state index in [-0.39, 0.29) is 5.75 Å². The maximum Gasteiger partial charge on any atom is 0.328 e. The standard InChI is InChI=1S/C12H14FNO4S/c1-18-8-2-4-9(5-3-8)19-7-11(15)14-10(6-13)12(16)17/h2-5,10H,6-7H2,1H3,(H,14,15)(H,16,17). The van der Waals surface area contributed by atoms with Crippen LogP contribution in [0, 0.1) is 0 Å². The number of ether oxygens (including phenoxy) is 1. The molecule has 0 bridgehead atoms. The number of nitrogens with one attached hydrogen (secondary N) is 1. The number of hydrogen-bond donors (Lipinski definition) is 2. The van der Waals surface area contributed by atoms with Crippen LogP contribution in [0.2, 0.25) is 0 Å². The van der Waals surface area contributed by atoms with Gasteiger partial charge < -0.3 is 15.2 Å². The summed E-state index contributed by atoms with van der Waals surface area (Å²) in [5.74, 6) is -1.18. The van der Waals surface area contributed by atoms with Crippen molar-refractivity contribution in [2.75, 3.05) is 19.5 Å². The minimum atomic E-state index is -1.48. The van der Waals surface area contributed by atoms with Crippen LogP contribution in [0.25, 0.3) is 0 Å². The second-order valence-electron chi connectivity index (χ2n) is 3.58. The molecule has 0 aliphatic heterocycles. The molecule has 2 N–H and O–H groups in total. The van der Waals surface area contributed by atoms with Crippen molar-refractivity contribution in [3.63, 3.8) is 0 Å². The lowest BCUT2D eigenvalue weighted by Gasteiger charge is -2.10. The number of thioether (sulfide) groups is 1. The third kappa shape index (κ3) is 5.17. The van der Waals surface area contributed by atoms with Gasteiger partial charge in [0.15, 0.2) is 6.04 Å². The van der Waals surface area contributed by atoms with Crippen LogP contribution in [-0.2, 0) is 9.59 Å². The van der Waals surface area contributed by atoms with E-state index < -0.39 is 24.6 Å². The number of aliphatic carboxylic acids is 1. The highest BCUT2D eigenvalue weighted by Gasteiger charge is 2.19. The zero-order valence-corrected chi connectivity index (χ0v) is 11.1. The van der Waals surface area contributed by atoms with Crippen molar-refractivity contribution < 1.29 is 23.8 Å². The zero-order valence-electron chi connectivity index (χ0n) is 10.3. The Morgan fingerprint density at radius 1 is 1.42 bits per heavy atom. The molecule has 0 saturated carbocycles. The zero-order chi connectivity index (χ0) is 14.3. The molecule has 0 aromatic heterocycles. The van der Waals surface area contributed by atoms with Gasteiger partial charge in [-0.15, -0.1) is 11.8 Å². The molecule has 1 unspecified atom stereocenters. The highest BCUT2D eigenvalue weighted by atomic mass is 32.2. The number of carboxylic acid groups (broad SMARTS) is 1. The van der Waals surface area contributed by atoms with Crippen molar-refractivity contribution in [3.05, 3.63) is 24.3 Å². The molecule has 0 saturated heterocycles. The summed E-state index contributed by atoms with van der Waals surface area (Å²) >= 11 is 1.23. The molecule has 0 spiro atoms. The van der Waals surface area contributed by atoms with Crippen LogP contribution in [-0.4, -0.2) is 42.6 Å². The summed E-state index contributed by atoms with van der Waals surface area (Å²) in [5.41, 5.74) is 0. The van der Waals surface area contributed by atoms with E-state index in [0.717, 1.165) is 4.90 Å². The quantitative estimate of drug-likeness (QED) is 0.740. The van der Waals surface area contributed by atoms with Crippen LogP contribution in [0.3, 0.4) is 0 Å². The van der Waals surface area contributed by atoms with Crippen LogP contribution in [0.5, 0.6) is 5.75 Å². The molecule has 1 amide bonds. The van der Waals surface area contributed by atoms with E-state index in [1.165, 1.54) is 11.8 Å². The number of carboxylic acids is 1. The van der Waals surface area contributed by atoms with Gasteiger partial charge in [0.25, 0.3) is 0 Å². The first-order valence-electron chi connectivity index (χ1n) is 5.41. The molecule has 19 heavy (non-hydrogen) atoms. The third-order valence-corrected chi connectivity index (χ3v) is 3.23. The Morgan fingerprint density at radius 2 is 2.05 bits per heavy atom. The normalized spacial score (nSPS) is 11.7. The van der Waals surface area contributed by atoms with Crippen molar-refractivity contribution in [1.82, 2.24) is 5.32 Å². The SMILES string of the molecule is COc1ccc(SCC(=O)NC(CF)C(=O)O)cc1. The molecule has 0 aliphatic carbocycles. The van der Waals surface area contributed by atoms with Crippen LogP contribution in [0.1, 0.15) is 0 Å². The van der Waals surface area contributed by atoms with Crippen LogP contribution in [0.15, 0.2) is 29.2 Å². The number of benzene rings is 1. The molecule has 0 heterocycles. The minimum absolute atomic E-state index is 0.0239. The molecule has 1 aromatic rings. The summed E-state index contributed by atoms with van der Waals surface area (Å²) in [5, 5.41) is 10.7. The Balaban J connectivity index is 2.42. The molecule has 7 heteroatoms. The Morgan fingerprint density at radius 3 is 2.53 bits per heavy atom. The number of carbonyl (C=O) groups is 2. The van der Waals surface area contributed by atoms with Gasteiger partial charge in [-0.3, -0.25) is 4.79 Å². The first-order valence-corrected chi connectivity index (χ1v) is 6.40. The van der Waals surface area contributed by atoms with Crippen LogP contribution < -0.4 is 10.1 Å². The van der Waals surface area contributed by atoms with Crippen molar-refractivity contribution in [2.24, 2.45) is 0 Å². The number of carbonyl (C=O) groups excluding carboxylic acids is 1. The second-order valence-corrected chi connectivity index (χ2v) is 4.63. The lowest BCUT2D eigenvalue weighted by molar-refractivity contribution is -0.141. The van der Waals surface area contributed by atoms with Gasteiger partial charge >= 0.3 is 5.97 Å². The topological polar surface area (TPSA) is 75.6 Å². The predicted molar refractivity (Wildman–Crippen MR) is 69.3 cm³/mol. The van der Waals surface area contributed by atoms with Crippen LogP contribution in [0.4, 0.5) is 4.39 Å². The molecule has 5 nitrogen and oxygen atoms in total. The fourth-order valence-corrected chi connectivity index (χ4v) is 1.93. The first-order chi connectivity index (χ1) is 9.06. The predicted octanol–water partition coefficient (Wildman–Crippen LogP) is 1.33. The lowest BCUT2D eigenvalue weighted by Crippen LogP contribution is -2.43. The monoisotopic (exact) mass is 287 g/mol. The maximum absolute atomic E-state index is 12.3. The van der Waals surface area contributed by atoms with Crippen LogP contribution >= 0.6 is 11.8 Å². The Hall–Kier alpha value is -1.76. The third-order valence-electron chi connectivity index (χ3n) is 2.22. The van der Waals surface area contributed by atoms with E-state index in [1.54, 1.807) is 31.4 Å². The fraction of sp³-hybridized carbons (Fsp3) is 0.333. The summed E-state index contributed by atoms with van der Waals surface area (Å²) in [6, 6.07) is 5.58. The number of hydrogen-bond acceptors (Lipinski definition) is 4. The Kier molecular flexibility index (Phi) is 6.14. The molecule has 104 valence electrons. The molecule has 1 aromatic carbocycles. The highest BCUT2D eigenvalue weighted by molar-refractivity contribution is 8.00. The van der Waals surface area contributed by atoms with Gasteiger partial charge in [0, 0.05) is 4.90 Å². The van der Waals surface area contributed by atoms with Gasteiger partial charge in [0.05, 0.1) is 12.9 Å². The van der Waals surface area contributed by atoms with Gasteiger partial charge in [-0.1, -0.05) is 0 Å². The maximum atomic E-state index is 12.3. The van der Waals surface area contributed by atoms with Gasteiger partial charge in [-0.25, -0.2) is 9.18 Å². The van der Waals surface area contributed by atoms with E-state index >= 15 is 0 Å². The first kappa shape index (κ1) is 15.3. The van der Waals surface area contributed by atoms with E-state index in [0.29, 0.717) is 5.75 Å². The number of rotatable bonds is 7. The molecule has 1 rings (SSSR count). The van der Waals surface area contributed by atoms with Gasteiger partial charge in [-0.2, -0.15) is 0 Å². The smallest absolute Gasteiger partial charge is 0.328 e. The Labute approximate surface area is 114 Å². The summed E-state index contributed by atoms with van der Waals surface area (Å²) in [7, 11) is 1.55. The number of halogens is 1. The molecular weight excluding hydrogens is 273 g/mol. The summed E-state index contributed by atoms with van der Waals surface area (Å²) in [6.07, 6.45) is 0. The van der Waals surface area contributed by atoms with E-state index in [4.69, 9.17) is 9.84 Å². The summed E-state index contributed by atoms with van der Waals surface area (Å²) < 4.78 is 17.3. The largest absolute Gasteiger partial charge is 0.497 e. The molecule has 0 fully saturated rings. The van der Waals surface area contributed by atoms with Crippen molar-refractivity contribution in [3.8, 4) is 5.75 Å². The van der Waals surface area contributed by atoms with Gasteiger partial charge in [0.1, 0.15) is 12.4 Å². The van der Waals surface area contributed by atoms with Crippen molar-refractivity contribution >= 4 is 23.6 Å². The average molecular weight is 287 g/mol. The lowest BCUT2D eigenvalue weighted by atomic mass is 10.3. The van der Waals surface area contributed by atoms with Crippen molar-refractivity contribution in [2.45, 2.75) is 10.9 Å². The second kappa shape index (κ2) is 7.63. The van der Waals surface area contributed by atoms with E-state index in [1.807, 2.05) is 0 Å². The summed E-state index contributed by atoms with van der Waals surface area (Å²) in [6.45, 7) is -1.13. The Bertz CT molecular complexity index is 438. The van der Waals surface area contributed by atoms with Gasteiger partial charge in [-0.05, 0) is 24.3 Å². The average Bonchev–Trinajstić information content (AvgIpc) is 2.42. The molecule has 1 atom stereocenters.